The van der Waals surface area contributed by atoms with E-state index >= 15 is 0 Å². The number of hydrazine groups is 2. The molecule has 4 aliphatic rings. The summed E-state index contributed by atoms with van der Waals surface area (Å²) in [6, 6.07) is 0.882. The summed E-state index contributed by atoms with van der Waals surface area (Å²) < 4.78 is 38.9. The standard InChI is InChI=1S/2C5H12N2O.2C5H10O2.CH3ClO2S.CH5N/c6-7-5-1-3-8-4-2-5;6-7-5-2-1-3-8-4-5;6-5-1-3-7-4-2-5;6-5-2-1-3-7-4-5;1-5(2,3)4;1-2/h2*5,7H,1-4,6H2;2*5-6H,1-4H2;1H3;2H2,1H3. The lowest BCUT2D eigenvalue weighted by atomic mass is 10.1. The number of halogens is 1. The molecule has 4 rings (SSSR count). The van der Waals surface area contributed by atoms with Gasteiger partial charge in [-0.2, -0.15) is 0 Å². The van der Waals surface area contributed by atoms with Crippen molar-refractivity contribution in [2.75, 3.05) is 66.2 Å². The number of hydrogen-bond donors (Lipinski definition) is 7. The lowest BCUT2D eigenvalue weighted by molar-refractivity contribution is -0.00535. The van der Waals surface area contributed by atoms with Crippen molar-refractivity contribution in [3.8, 4) is 0 Å². The predicted octanol–water partition coefficient (Wildman–Crippen LogP) is -0.667. The minimum atomic E-state index is -3.19. The molecule has 37 heavy (non-hydrogen) atoms. The van der Waals surface area contributed by atoms with Crippen LogP contribution in [0.25, 0.3) is 0 Å². The summed E-state index contributed by atoms with van der Waals surface area (Å²) in [4.78, 5) is 0. The summed E-state index contributed by atoms with van der Waals surface area (Å²) in [6.45, 7) is 6.23. The van der Waals surface area contributed by atoms with E-state index in [4.69, 9.17) is 40.8 Å². The summed E-state index contributed by atoms with van der Waals surface area (Å²) in [5, 5.41) is 17.6. The Morgan fingerprint density at radius 2 is 1.11 bits per heavy atom. The van der Waals surface area contributed by atoms with E-state index in [2.05, 4.69) is 27.3 Å². The molecule has 0 spiro atoms. The monoisotopic (exact) mass is 581 g/mol. The quantitative estimate of drug-likeness (QED) is 0.122. The van der Waals surface area contributed by atoms with Gasteiger partial charge < -0.3 is 34.9 Å². The number of hydrogen-bond acceptors (Lipinski definition) is 13. The largest absolute Gasteiger partial charge is 0.393 e. The van der Waals surface area contributed by atoms with E-state index in [0.29, 0.717) is 18.7 Å². The van der Waals surface area contributed by atoms with Gasteiger partial charge in [-0.05, 0) is 58.4 Å². The summed E-state index contributed by atoms with van der Waals surface area (Å²) in [5.41, 5.74) is 9.90. The van der Waals surface area contributed by atoms with Crippen molar-refractivity contribution in [3.05, 3.63) is 0 Å². The van der Waals surface area contributed by atoms with E-state index in [0.717, 1.165) is 104 Å². The Morgan fingerprint density at radius 3 is 1.32 bits per heavy atom. The zero-order valence-corrected chi connectivity index (χ0v) is 24.1. The van der Waals surface area contributed by atoms with Crippen LogP contribution in [-0.4, -0.2) is 109 Å². The van der Waals surface area contributed by atoms with Crippen LogP contribution in [0.4, 0.5) is 0 Å². The number of rotatable bonds is 2. The van der Waals surface area contributed by atoms with Crippen molar-refractivity contribution in [1.29, 1.82) is 0 Å². The number of aliphatic hydroxyl groups excluding tert-OH is 2. The van der Waals surface area contributed by atoms with Gasteiger partial charge in [0.25, 0.3) is 0 Å². The van der Waals surface area contributed by atoms with Crippen LogP contribution in [0.15, 0.2) is 0 Å². The molecule has 0 radical (unpaired) electrons. The van der Waals surface area contributed by atoms with Gasteiger partial charge in [-0.25, -0.2) is 8.42 Å². The molecule has 2 unspecified atom stereocenters. The fourth-order valence-electron chi connectivity index (χ4n) is 3.15. The third-order valence-corrected chi connectivity index (χ3v) is 5.18. The van der Waals surface area contributed by atoms with Crippen LogP contribution in [0.3, 0.4) is 0 Å². The van der Waals surface area contributed by atoms with Gasteiger partial charge in [-0.1, -0.05) is 0 Å². The Bertz CT molecular complexity index is 517. The van der Waals surface area contributed by atoms with Crippen LogP contribution in [0.5, 0.6) is 0 Å². The Balaban J connectivity index is 0. The molecule has 15 heteroatoms. The van der Waals surface area contributed by atoms with Crippen LogP contribution < -0.4 is 28.3 Å². The highest BCUT2D eigenvalue weighted by atomic mass is 35.7. The highest BCUT2D eigenvalue weighted by Gasteiger charge is 2.11. The Kier molecular flexibility index (Phi) is 28.8. The van der Waals surface area contributed by atoms with Crippen LogP contribution in [0.2, 0.25) is 0 Å². The highest BCUT2D eigenvalue weighted by molar-refractivity contribution is 8.13. The fourth-order valence-corrected chi connectivity index (χ4v) is 3.15. The Labute approximate surface area is 227 Å². The molecule has 4 fully saturated rings. The molecule has 0 aliphatic carbocycles. The van der Waals surface area contributed by atoms with E-state index in [1.807, 2.05) is 0 Å². The van der Waals surface area contributed by atoms with Gasteiger partial charge in [0.15, 0.2) is 0 Å². The molecule has 13 nitrogen and oxygen atoms in total. The van der Waals surface area contributed by atoms with E-state index in [-0.39, 0.29) is 12.2 Å². The zero-order chi connectivity index (χ0) is 28.4. The first kappa shape index (κ1) is 38.9. The molecule has 10 N–H and O–H groups in total. The highest BCUT2D eigenvalue weighted by Crippen LogP contribution is 2.05. The van der Waals surface area contributed by atoms with Gasteiger partial charge in [0, 0.05) is 62.4 Å². The second-order valence-corrected chi connectivity index (χ2v) is 11.6. The zero-order valence-electron chi connectivity index (χ0n) is 22.5. The number of nitrogens with one attached hydrogen (secondary N) is 2. The summed E-state index contributed by atoms with van der Waals surface area (Å²) in [6.07, 6.45) is 8.61. The molecule has 0 bridgehead atoms. The lowest BCUT2D eigenvalue weighted by Gasteiger charge is -2.20. The van der Waals surface area contributed by atoms with E-state index < -0.39 is 9.05 Å². The molecule has 4 saturated heterocycles. The van der Waals surface area contributed by atoms with Gasteiger partial charge in [0.05, 0.1) is 31.7 Å². The second-order valence-electron chi connectivity index (χ2n) is 8.53. The molecule has 0 saturated carbocycles. The Hall–Kier alpha value is -0.200. The van der Waals surface area contributed by atoms with Crippen LogP contribution in [0.1, 0.15) is 51.4 Å². The van der Waals surface area contributed by atoms with Crippen molar-refractivity contribution >= 4 is 19.7 Å². The normalized spacial score (nSPS) is 24.4. The number of nitrogens with two attached hydrogens (primary N) is 3. The SMILES string of the molecule is CN.CS(=O)(=O)Cl.NNC1CCCOC1.NNC1CCOCC1.OC1CCCOC1.OC1CCOCC1. The third kappa shape index (κ3) is 31.9. The molecule has 4 aliphatic heterocycles. The van der Waals surface area contributed by atoms with Gasteiger partial charge in [0.1, 0.15) is 0 Å². The molecule has 2 atom stereocenters. The van der Waals surface area contributed by atoms with Crippen molar-refractivity contribution in [3.63, 3.8) is 0 Å². The number of aliphatic hydroxyl groups is 2. The first-order valence-corrected chi connectivity index (χ1v) is 15.4. The molecular formula is C22H52ClN5O8S. The molecule has 0 aromatic heterocycles. The third-order valence-electron chi connectivity index (χ3n) is 5.18. The maximum absolute atomic E-state index is 9.40. The first-order valence-electron chi connectivity index (χ1n) is 12.7. The van der Waals surface area contributed by atoms with E-state index in [1.54, 1.807) is 0 Å². The summed E-state index contributed by atoms with van der Waals surface area (Å²) in [7, 11) is 2.81. The summed E-state index contributed by atoms with van der Waals surface area (Å²) >= 11 is 0. The van der Waals surface area contributed by atoms with Crippen molar-refractivity contribution in [1.82, 2.24) is 10.9 Å². The van der Waals surface area contributed by atoms with Crippen molar-refractivity contribution in [2.45, 2.75) is 75.7 Å². The fraction of sp³-hybridized carbons (Fsp3) is 1.00. The maximum atomic E-state index is 9.40. The second kappa shape index (κ2) is 27.4. The molecular weight excluding hydrogens is 530 g/mol. The minimum Gasteiger partial charge on any atom is -0.393 e. The smallest absolute Gasteiger partial charge is 0.229 e. The first-order chi connectivity index (χ1) is 17.7. The maximum Gasteiger partial charge on any atom is 0.229 e. The topological polar surface area (TPSA) is 214 Å². The van der Waals surface area contributed by atoms with Crippen LogP contribution in [-0.2, 0) is 28.0 Å². The predicted molar refractivity (Wildman–Crippen MR) is 145 cm³/mol. The van der Waals surface area contributed by atoms with Crippen LogP contribution in [0, 0.1) is 0 Å². The Morgan fingerprint density at radius 1 is 0.676 bits per heavy atom. The van der Waals surface area contributed by atoms with Gasteiger partial charge in [-0.15, -0.1) is 0 Å². The molecule has 0 aromatic rings. The van der Waals surface area contributed by atoms with E-state index in [9.17, 15) is 8.42 Å². The van der Waals surface area contributed by atoms with Gasteiger partial charge in [0.2, 0.25) is 9.05 Å². The van der Waals surface area contributed by atoms with Crippen molar-refractivity contribution < 1.29 is 37.6 Å². The molecule has 0 amide bonds. The van der Waals surface area contributed by atoms with E-state index in [1.165, 1.54) is 7.05 Å². The van der Waals surface area contributed by atoms with Crippen LogP contribution >= 0.6 is 10.7 Å². The van der Waals surface area contributed by atoms with Crippen molar-refractivity contribution in [2.24, 2.45) is 17.4 Å². The molecule has 0 aromatic carbocycles. The minimum absolute atomic E-state index is 0.0891. The van der Waals surface area contributed by atoms with Gasteiger partial charge in [-0.3, -0.25) is 22.5 Å². The summed E-state index contributed by atoms with van der Waals surface area (Å²) in [5.74, 6) is 10.4. The number of ether oxygens (including phenoxy) is 4. The molecule has 4 heterocycles. The average molecular weight is 582 g/mol. The molecule has 226 valence electrons. The van der Waals surface area contributed by atoms with Gasteiger partial charge >= 0.3 is 0 Å². The lowest BCUT2D eigenvalue weighted by Crippen LogP contribution is -2.40. The average Bonchev–Trinajstić information content (AvgIpc) is 2.92.